The van der Waals surface area contributed by atoms with E-state index in [2.05, 4.69) is 5.32 Å². The van der Waals surface area contributed by atoms with Gasteiger partial charge in [-0.05, 0) is 0 Å². The van der Waals surface area contributed by atoms with Crippen LogP contribution in [-0.2, 0) is 13.4 Å². The fourth-order valence-corrected chi connectivity index (χ4v) is 5.72. The number of fused-ring (bicyclic) bond motifs is 1. The van der Waals surface area contributed by atoms with Crippen molar-refractivity contribution in [2.45, 2.75) is 18.9 Å². The molecule has 8 heteroatoms. The molecule has 1 aromatic carbocycles. The zero-order chi connectivity index (χ0) is 15.1. The van der Waals surface area contributed by atoms with E-state index in [4.69, 9.17) is 4.74 Å². The van der Waals surface area contributed by atoms with Crippen molar-refractivity contribution in [1.29, 1.82) is 0 Å². The third kappa shape index (κ3) is 2.07. The van der Waals surface area contributed by atoms with E-state index in [1.54, 1.807) is 18.2 Å². The van der Waals surface area contributed by atoms with Gasteiger partial charge >= 0.3 is 124 Å². The quantitative estimate of drug-likeness (QED) is 0.547. The summed E-state index contributed by atoms with van der Waals surface area (Å²) in [6.45, 7) is 0. The molecule has 110 valence electrons. The second-order valence-corrected chi connectivity index (χ2v) is 7.41. The summed E-state index contributed by atoms with van der Waals surface area (Å²) in [6.07, 6.45) is 0.321. The van der Waals surface area contributed by atoms with Crippen molar-refractivity contribution in [3.63, 3.8) is 0 Å². The molecule has 1 saturated heterocycles. The second kappa shape index (κ2) is 5.05. The van der Waals surface area contributed by atoms with Crippen LogP contribution < -0.4 is 14.5 Å². The topological polar surface area (TPSA) is 92.8 Å². The summed E-state index contributed by atoms with van der Waals surface area (Å²) < 4.78 is 19.3. The maximum absolute atomic E-state index is 12.7. The number of nitrogens with one attached hydrogen (secondary N) is 1. The Hall–Kier alpha value is -2.05. The molecule has 1 aromatic rings. The summed E-state index contributed by atoms with van der Waals surface area (Å²) in [7, 11) is 1.44. The first-order chi connectivity index (χ1) is 10.0. The molecule has 2 aliphatic rings. The molecule has 1 fully saturated rings. The molecule has 7 nitrogen and oxygen atoms in total. The number of methoxy groups -OCH3 is 1. The van der Waals surface area contributed by atoms with E-state index in [0.29, 0.717) is 15.8 Å². The third-order valence-electron chi connectivity index (χ3n) is 3.48. The SMILES string of the molecule is COc1cccc2c1[Se](=O)N(C1CCC(=O)NC1=O)C2=O. The van der Waals surface area contributed by atoms with Crippen molar-refractivity contribution in [3.05, 3.63) is 23.8 Å². The van der Waals surface area contributed by atoms with Crippen LogP contribution >= 0.6 is 0 Å². The van der Waals surface area contributed by atoms with E-state index in [-0.39, 0.29) is 18.7 Å². The molecule has 0 radical (unpaired) electrons. The first-order valence-electron chi connectivity index (χ1n) is 6.30. The molecule has 3 rings (SSSR count). The third-order valence-corrected chi connectivity index (χ3v) is 6.72. The van der Waals surface area contributed by atoms with Gasteiger partial charge in [0.15, 0.2) is 0 Å². The van der Waals surface area contributed by atoms with E-state index >= 15 is 0 Å². The normalized spacial score (nSPS) is 24.8. The summed E-state index contributed by atoms with van der Waals surface area (Å²) in [6, 6.07) is 3.98. The average molecular weight is 355 g/mol. The van der Waals surface area contributed by atoms with Gasteiger partial charge in [0.2, 0.25) is 0 Å². The number of piperidine rings is 1. The first-order valence-corrected chi connectivity index (χ1v) is 8.63. The molecule has 2 aliphatic heterocycles. The van der Waals surface area contributed by atoms with Gasteiger partial charge in [-0.25, -0.2) is 0 Å². The van der Waals surface area contributed by atoms with Crippen LogP contribution in [0.4, 0.5) is 0 Å². The van der Waals surface area contributed by atoms with Crippen molar-refractivity contribution in [3.8, 4) is 5.75 Å². The average Bonchev–Trinajstić information content (AvgIpc) is 2.72. The van der Waals surface area contributed by atoms with Crippen molar-refractivity contribution in [2.75, 3.05) is 7.11 Å². The molecule has 21 heavy (non-hydrogen) atoms. The molecule has 0 spiro atoms. The monoisotopic (exact) mass is 356 g/mol. The molecule has 3 amide bonds. The Kier molecular flexibility index (Phi) is 3.35. The maximum atomic E-state index is 12.7. The van der Waals surface area contributed by atoms with Crippen LogP contribution in [0.2, 0.25) is 0 Å². The Bertz CT molecular complexity index is 687. The summed E-state index contributed by atoms with van der Waals surface area (Å²) in [5, 5.41) is 2.18. The zero-order valence-corrected chi connectivity index (χ0v) is 12.8. The molecule has 2 atom stereocenters. The Morgan fingerprint density at radius 2 is 2.10 bits per heavy atom. The number of hydrogen-bond donors (Lipinski definition) is 1. The van der Waals surface area contributed by atoms with Crippen LogP contribution in [-0.4, -0.2) is 48.8 Å². The van der Waals surface area contributed by atoms with Crippen molar-refractivity contribution in [1.82, 2.24) is 9.23 Å². The van der Waals surface area contributed by atoms with Crippen LogP contribution in [0.3, 0.4) is 0 Å². The van der Waals surface area contributed by atoms with Crippen molar-refractivity contribution >= 4 is 36.2 Å². The van der Waals surface area contributed by atoms with Gasteiger partial charge in [-0.2, -0.15) is 0 Å². The standard InChI is InChI=1S/C13H12N2O5Se/c1-20-9-4-2-3-7-11(9)21(19)15(13(7)18)8-5-6-10(16)14-12(8)17/h2-4,8H,5-6H2,1H3,(H,14,16,17). The number of benzene rings is 1. The fourth-order valence-electron chi connectivity index (χ4n) is 2.48. The van der Waals surface area contributed by atoms with Gasteiger partial charge < -0.3 is 0 Å². The van der Waals surface area contributed by atoms with Crippen LogP contribution in [0.5, 0.6) is 5.75 Å². The molecule has 2 unspecified atom stereocenters. The second-order valence-electron chi connectivity index (χ2n) is 4.68. The number of carbonyl (C=O) groups is 3. The molecule has 1 N–H and O–H groups in total. The summed E-state index contributed by atoms with van der Waals surface area (Å²) >= 11 is -2.92. The summed E-state index contributed by atoms with van der Waals surface area (Å²) in [5.41, 5.74) is 0.305. The molecular weight excluding hydrogens is 343 g/mol. The first kappa shape index (κ1) is 13.9. The number of ether oxygens (including phenoxy) is 1. The Balaban J connectivity index is 2.00. The molecule has 0 aromatic heterocycles. The number of rotatable bonds is 2. The minimum atomic E-state index is -2.92. The number of amides is 3. The molecule has 0 bridgehead atoms. The van der Waals surface area contributed by atoms with E-state index in [1.807, 2.05) is 0 Å². The van der Waals surface area contributed by atoms with E-state index in [0.717, 1.165) is 3.92 Å². The van der Waals surface area contributed by atoms with E-state index in [1.165, 1.54) is 7.11 Å². The van der Waals surface area contributed by atoms with Crippen LogP contribution in [0.15, 0.2) is 18.2 Å². The number of imide groups is 1. The molecule has 0 aliphatic carbocycles. The van der Waals surface area contributed by atoms with Crippen LogP contribution in [0.1, 0.15) is 23.2 Å². The van der Waals surface area contributed by atoms with Crippen molar-refractivity contribution in [2.24, 2.45) is 0 Å². The van der Waals surface area contributed by atoms with Gasteiger partial charge in [-0.3, -0.25) is 0 Å². The van der Waals surface area contributed by atoms with Gasteiger partial charge in [-0.1, -0.05) is 0 Å². The van der Waals surface area contributed by atoms with Gasteiger partial charge in [0, 0.05) is 0 Å². The number of nitrogens with zero attached hydrogens (tertiary/aromatic N) is 1. The molecule has 0 saturated carbocycles. The van der Waals surface area contributed by atoms with Crippen LogP contribution in [0.25, 0.3) is 0 Å². The summed E-state index contributed by atoms with van der Waals surface area (Å²) in [5.74, 6) is -1.01. The van der Waals surface area contributed by atoms with Gasteiger partial charge in [0.1, 0.15) is 0 Å². The number of carbonyl (C=O) groups excluding carboxylic acids is 3. The Morgan fingerprint density at radius 1 is 1.33 bits per heavy atom. The van der Waals surface area contributed by atoms with E-state index < -0.39 is 31.9 Å². The van der Waals surface area contributed by atoms with Gasteiger partial charge in [-0.15, -0.1) is 0 Å². The predicted molar refractivity (Wildman–Crippen MR) is 71.4 cm³/mol. The minimum absolute atomic E-state index is 0.131. The Morgan fingerprint density at radius 3 is 2.76 bits per heavy atom. The zero-order valence-electron chi connectivity index (χ0n) is 11.1. The van der Waals surface area contributed by atoms with Crippen molar-refractivity contribution < 1.29 is 23.0 Å². The van der Waals surface area contributed by atoms with E-state index in [9.17, 15) is 18.2 Å². The van der Waals surface area contributed by atoms with Crippen LogP contribution in [0, 0.1) is 0 Å². The molecule has 2 heterocycles. The van der Waals surface area contributed by atoms with Gasteiger partial charge in [0.05, 0.1) is 0 Å². The fraction of sp³-hybridized carbons (Fsp3) is 0.308. The molecular formula is C13H12N2O5Se. The Labute approximate surface area is 124 Å². The van der Waals surface area contributed by atoms with Gasteiger partial charge in [0.25, 0.3) is 0 Å². The number of hydrogen-bond acceptors (Lipinski definition) is 5. The predicted octanol–water partition coefficient (Wildman–Crippen LogP) is -0.918. The summed E-state index contributed by atoms with van der Waals surface area (Å²) in [4.78, 5) is 35.5.